The lowest BCUT2D eigenvalue weighted by Gasteiger charge is -2.06. The third kappa shape index (κ3) is 3.24. The number of benzene rings is 1. The molecule has 18 heavy (non-hydrogen) atoms. The van der Waals surface area contributed by atoms with E-state index in [9.17, 15) is 4.79 Å². The summed E-state index contributed by atoms with van der Waals surface area (Å²) >= 11 is 0. The average Bonchev–Trinajstić information content (AvgIpc) is 2.91. The molecule has 0 aliphatic rings. The van der Waals surface area contributed by atoms with Gasteiger partial charge in [0.1, 0.15) is 0 Å². The van der Waals surface area contributed by atoms with Crippen LogP contribution < -0.4 is 5.32 Å². The molecule has 0 fully saturated rings. The van der Waals surface area contributed by atoms with E-state index in [1.807, 2.05) is 30.3 Å². The van der Waals surface area contributed by atoms with Crippen molar-refractivity contribution in [3.8, 4) is 0 Å². The summed E-state index contributed by atoms with van der Waals surface area (Å²) in [6.45, 7) is 1.79. The topological polar surface area (TPSA) is 83.6 Å². The first-order chi connectivity index (χ1) is 8.75. The fourth-order valence-corrected chi connectivity index (χ4v) is 1.42. The van der Waals surface area contributed by atoms with Gasteiger partial charge >= 0.3 is 0 Å². The summed E-state index contributed by atoms with van der Waals surface area (Å²) in [7, 11) is 0. The fraction of sp³-hybridized carbons (Fsp3) is 0.167. The highest BCUT2D eigenvalue weighted by Gasteiger charge is 2.11. The number of tetrazole rings is 1. The van der Waals surface area contributed by atoms with E-state index in [-0.39, 0.29) is 11.9 Å². The summed E-state index contributed by atoms with van der Waals surface area (Å²) in [6, 6.07) is 9.32. The maximum atomic E-state index is 11.6. The predicted octanol–water partition coefficient (Wildman–Crippen LogP) is 1.09. The minimum Gasteiger partial charge on any atom is -0.343 e. The number of carbonyl (C=O) groups is 1. The number of aromatic amines is 1. The Morgan fingerprint density at radius 1 is 1.39 bits per heavy atom. The van der Waals surface area contributed by atoms with Crippen molar-refractivity contribution in [1.29, 1.82) is 0 Å². The van der Waals surface area contributed by atoms with E-state index in [1.165, 1.54) is 6.08 Å². The maximum Gasteiger partial charge on any atom is 0.244 e. The number of aromatic nitrogens is 4. The number of hydrogen-bond acceptors (Lipinski definition) is 4. The summed E-state index contributed by atoms with van der Waals surface area (Å²) in [5, 5.41) is 16.1. The van der Waals surface area contributed by atoms with Crippen LogP contribution in [0.4, 0.5) is 0 Å². The average molecular weight is 243 g/mol. The van der Waals surface area contributed by atoms with Gasteiger partial charge in [0.25, 0.3) is 0 Å². The molecular weight excluding hydrogens is 230 g/mol. The van der Waals surface area contributed by atoms with Gasteiger partial charge in [0.15, 0.2) is 5.82 Å². The Balaban J connectivity index is 1.91. The largest absolute Gasteiger partial charge is 0.343 e. The zero-order valence-electron chi connectivity index (χ0n) is 9.87. The van der Waals surface area contributed by atoms with Crippen molar-refractivity contribution >= 4 is 12.0 Å². The summed E-state index contributed by atoms with van der Waals surface area (Å²) in [6.07, 6.45) is 3.23. The normalized spacial score (nSPS) is 12.5. The smallest absolute Gasteiger partial charge is 0.244 e. The minimum absolute atomic E-state index is 0.198. The summed E-state index contributed by atoms with van der Waals surface area (Å²) in [5.74, 6) is 0.257. The molecule has 0 aliphatic carbocycles. The molecule has 6 heteroatoms. The van der Waals surface area contributed by atoms with Crippen LogP contribution >= 0.6 is 0 Å². The molecule has 1 aromatic carbocycles. The van der Waals surface area contributed by atoms with E-state index >= 15 is 0 Å². The predicted molar refractivity (Wildman–Crippen MR) is 66.2 cm³/mol. The molecule has 1 heterocycles. The van der Waals surface area contributed by atoms with Gasteiger partial charge in [-0.3, -0.25) is 4.79 Å². The van der Waals surface area contributed by atoms with Gasteiger partial charge in [-0.1, -0.05) is 35.5 Å². The Morgan fingerprint density at radius 3 is 2.83 bits per heavy atom. The Hall–Kier alpha value is -2.50. The van der Waals surface area contributed by atoms with Gasteiger partial charge in [-0.2, -0.15) is 5.21 Å². The first-order valence-electron chi connectivity index (χ1n) is 5.52. The molecule has 1 atom stereocenters. The molecule has 2 rings (SSSR count). The molecule has 0 spiro atoms. The number of amides is 1. The molecule has 1 unspecified atom stereocenters. The highest BCUT2D eigenvalue weighted by molar-refractivity contribution is 5.91. The molecule has 0 saturated heterocycles. The summed E-state index contributed by atoms with van der Waals surface area (Å²) in [4.78, 5) is 11.6. The molecule has 0 radical (unpaired) electrons. The monoisotopic (exact) mass is 243 g/mol. The molecule has 1 amide bonds. The van der Waals surface area contributed by atoms with E-state index in [1.54, 1.807) is 13.0 Å². The van der Waals surface area contributed by atoms with Crippen LogP contribution in [0.3, 0.4) is 0 Å². The first-order valence-corrected chi connectivity index (χ1v) is 5.52. The van der Waals surface area contributed by atoms with Crippen molar-refractivity contribution in [3.63, 3.8) is 0 Å². The van der Waals surface area contributed by atoms with Crippen LogP contribution in [0.5, 0.6) is 0 Å². The van der Waals surface area contributed by atoms with Crippen LogP contribution in [0, 0.1) is 0 Å². The van der Waals surface area contributed by atoms with Gasteiger partial charge in [0, 0.05) is 6.08 Å². The number of rotatable bonds is 4. The van der Waals surface area contributed by atoms with E-state index in [2.05, 4.69) is 25.9 Å². The highest BCUT2D eigenvalue weighted by Crippen LogP contribution is 2.04. The molecule has 0 saturated carbocycles. The van der Waals surface area contributed by atoms with E-state index in [0.717, 1.165) is 5.56 Å². The highest BCUT2D eigenvalue weighted by atomic mass is 16.1. The van der Waals surface area contributed by atoms with Crippen LogP contribution in [0.15, 0.2) is 36.4 Å². The molecular formula is C12H13N5O. The lowest BCUT2D eigenvalue weighted by Crippen LogP contribution is -2.25. The molecule has 0 bridgehead atoms. The lowest BCUT2D eigenvalue weighted by atomic mass is 10.2. The van der Waals surface area contributed by atoms with E-state index in [4.69, 9.17) is 0 Å². The van der Waals surface area contributed by atoms with E-state index in [0.29, 0.717) is 5.82 Å². The second-order valence-electron chi connectivity index (χ2n) is 3.74. The fourth-order valence-electron chi connectivity index (χ4n) is 1.42. The van der Waals surface area contributed by atoms with Gasteiger partial charge < -0.3 is 5.32 Å². The quantitative estimate of drug-likeness (QED) is 0.787. The zero-order valence-corrected chi connectivity index (χ0v) is 9.87. The zero-order chi connectivity index (χ0) is 12.8. The number of nitrogens with one attached hydrogen (secondary N) is 2. The Labute approximate surface area is 104 Å². The van der Waals surface area contributed by atoms with Crippen molar-refractivity contribution in [2.45, 2.75) is 13.0 Å². The van der Waals surface area contributed by atoms with Gasteiger partial charge in [0.2, 0.25) is 5.91 Å². The standard InChI is InChI=1S/C12H13N5O/c1-9(12-14-16-17-15-12)13-11(18)8-7-10-5-3-2-4-6-10/h2-9H,1H3,(H,13,18)(H,14,15,16,17). The van der Waals surface area contributed by atoms with Crippen molar-refractivity contribution in [1.82, 2.24) is 25.9 Å². The van der Waals surface area contributed by atoms with Gasteiger partial charge in [-0.25, -0.2) is 0 Å². The molecule has 0 aliphatic heterocycles. The van der Waals surface area contributed by atoms with Crippen LogP contribution in [0.1, 0.15) is 24.4 Å². The third-order valence-corrected chi connectivity index (χ3v) is 2.33. The van der Waals surface area contributed by atoms with Crippen LogP contribution in [-0.4, -0.2) is 26.5 Å². The van der Waals surface area contributed by atoms with Crippen molar-refractivity contribution in [3.05, 3.63) is 47.8 Å². The number of H-pyrrole nitrogens is 1. The lowest BCUT2D eigenvalue weighted by molar-refractivity contribution is -0.117. The summed E-state index contributed by atoms with van der Waals surface area (Å²) in [5.41, 5.74) is 0.972. The molecule has 1 aromatic heterocycles. The molecule has 2 aromatic rings. The van der Waals surface area contributed by atoms with Crippen LogP contribution in [0.2, 0.25) is 0 Å². The number of hydrogen-bond donors (Lipinski definition) is 2. The van der Waals surface area contributed by atoms with Crippen molar-refractivity contribution in [2.24, 2.45) is 0 Å². The minimum atomic E-state index is -0.281. The van der Waals surface area contributed by atoms with Crippen LogP contribution in [0.25, 0.3) is 6.08 Å². The number of nitrogens with zero attached hydrogens (tertiary/aromatic N) is 3. The Bertz CT molecular complexity index is 521. The molecule has 92 valence electrons. The molecule has 2 N–H and O–H groups in total. The number of carbonyl (C=O) groups excluding carboxylic acids is 1. The third-order valence-electron chi connectivity index (χ3n) is 2.33. The first kappa shape index (κ1) is 12.0. The molecule has 6 nitrogen and oxygen atoms in total. The SMILES string of the molecule is CC(NC(=O)C=Cc1ccccc1)c1nn[nH]n1. The summed E-state index contributed by atoms with van der Waals surface area (Å²) < 4.78 is 0. The maximum absolute atomic E-state index is 11.6. The van der Waals surface area contributed by atoms with Gasteiger partial charge in [0.05, 0.1) is 6.04 Å². The van der Waals surface area contributed by atoms with Crippen LogP contribution in [-0.2, 0) is 4.79 Å². The Kier molecular flexibility index (Phi) is 3.80. The van der Waals surface area contributed by atoms with E-state index < -0.39 is 0 Å². The second kappa shape index (κ2) is 5.72. The van der Waals surface area contributed by atoms with Crippen molar-refractivity contribution in [2.75, 3.05) is 0 Å². The second-order valence-corrected chi connectivity index (χ2v) is 3.74. The van der Waals surface area contributed by atoms with Crippen molar-refractivity contribution < 1.29 is 4.79 Å². The van der Waals surface area contributed by atoms with Gasteiger partial charge in [-0.05, 0) is 18.6 Å². The Morgan fingerprint density at radius 2 is 2.17 bits per heavy atom. The van der Waals surface area contributed by atoms with Gasteiger partial charge in [-0.15, -0.1) is 10.2 Å².